The number of hydrogen-bond donors (Lipinski definition) is 1. The van der Waals surface area contributed by atoms with Crippen LogP contribution in [0.1, 0.15) is 0 Å². The molecule has 1 aliphatic rings. The number of benzene rings is 1. The van der Waals surface area contributed by atoms with Gasteiger partial charge in [-0.2, -0.15) is 0 Å². The van der Waals surface area contributed by atoms with Gasteiger partial charge in [0.05, 0.1) is 13.2 Å². The summed E-state index contributed by atoms with van der Waals surface area (Å²) < 4.78 is 0. The third-order valence-corrected chi connectivity index (χ3v) is 2.25. The maximum Gasteiger partial charge on any atom is 0.240 e. The van der Waals surface area contributed by atoms with Gasteiger partial charge >= 0.3 is 0 Å². The monoisotopic (exact) mass is 196 g/mol. The maximum atomic E-state index is 10.9. The van der Waals surface area contributed by atoms with Crippen molar-refractivity contribution in [1.29, 1.82) is 0 Å². The molecule has 1 fully saturated rings. The lowest BCUT2D eigenvalue weighted by molar-refractivity contribution is -0.118. The number of halogens is 1. The number of rotatable bonds is 1. The van der Waals surface area contributed by atoms with Crippen LogP contribution in [0.3, 0.4) is 0 Å². The summed E-state index contributed by atoms with van der Waals surface area (Å²) in [6.45, 7) is 1.02. The minimum Gasteiger partial charge on any atom is -0.345 e. The van der Waals surface area contributed by atoms with E-state index in [1.165, 1.54) is 0 Å². The van der Waals surface area contributed by atoms with E-state index in [1.54, 1.807) is 0 Å². The van der Waals surface area contributed by atoms with Crippen LogP contribution in [0.5, 0.6) is 0 Å². The Morgan fingerprint density at radius 1 is 1.31 bits per heavy atom. The Hall–Kier alpha value is -1.22. The predicted molar refractivity (Wildman–Crippen MR) is 51.8 cm³/mol. The molecule has 1 N–H and O–H groups in total. The number of hydrogen-bond acceptors (Lipinski definition) is 2. The largest absolute Gasteiger partial charge is 0.345 e. The van der Waals surface area contributed by atoms with E-state index in [2.05, 4.69) is 5.32 Å². The lowest BCUT2D eigenvalue weighted by Gasteiger charge is -2.14. The third kappa shape index (κ3) is 1.75. The SMILES string of the molecule is O=C1CN(c2ccc(Cl)cc2)CN1. The number of anilines is 1. The Balaban J connectivity index is 2.17. The van der Waals surface area contributed by atoms with Crippen molar-refractivity contribution in [3.8, 4) is 0 Å². The summed E-state index contributed by atoms with van der Waals surface area (Å²) in [5, 5.41) is 3.45. The Morgan fingerprint density at radius 2 is 2.00 bits per heavy atom. The van der Waals surface area contributed by atoms with E-state index in [0.29, 0.717) is 18.2 Å². The van der Waals surface area contributed by atoms with Crippen molar-refractivity contribution < 1.29 is 4.79 Å². The van der Waals surface area contributed by atoms with Crippen LogP contribution >= 0.6 is 11.6 Å². The van der Waals surface area contributed by atoms with Crippen LogP contribution in [0.25, 0.3) is 0 Å². The number of nitrogens with zero attached hydrogens (tertiary/aromatic N) is 1. The molecular weight excluding hydrogens is 188 g/mol. The van der Waals surface area contributed by atoms with Crippen molar-refractivity contribution in [2.75, 3.05) is 18.1 Å². The fraction of sp³-hybridized carbons (Fsp3) is 0.222. The molecule has 68 valence electrons. The first-order chi connectivity index (χ1) is 6.25. The van der Waals surface area contributed by atoms with Gasteiger partial charge in [-0.1, -0.05) is 11.6 Å². The molecule has 0 aliphatic carbocycles. The Kier molecular flexibility index (Phi) is 2.10. The predicted octanol–water partition coefficient (Wildman–Crippen LogP) is 1.23. The topological polar surface area (TPSA) is 32.3 Å². The Labute approximate surface area is 81.3 Å². The molecule has 1 amide bonds. The van der Waals surface area contributed by atoms with E-state index in [-0.39, 0.29) is 5.91 Å². The molecule has 1 aliphatic heterocycles. The Morgan fingerprint density at radius 3 is 2.54 bits per heavy atom. The van der Waals surface area contributed by atoms with Crippen LogP contribution in [0, 0.1) is 0 Å². The first-order valence-electron chi connectivity index (χ1n) is 4.03. The van der Waals surface area contributed by atoms with E-state index in [9.17, 15) is 4.79 Å². The van der Waals surface area contributed by atoms with E-state index >= 15 is 0 Å². The van der Waals surface area contributed by atoms with Gasteiger partial charge in [0, 0.05) is 10.7 Å². The molecule has 13 heavy (non-hydrogen) atoms. The highest BCUT2D eigenvalue weighted by Gasteiger charge is 2.17. The molecule has 0 aromatic heterocycles. The van der Waals surface area contributed by atoms with Crippen LogP contribution in [-0.4, -0.2) is 19.1 Å². The molecule has 0 atom stereocenters. The molecule has 4 heteroatoms. The Bertz CT molecular complexity index is 323. The summed E-state index contributed by atoms with van der Waals surface area (Å²) in [6.07, 6.45) is 0. The summed E-state index contributed by atoms with van der Waals surface area (Å²) in [5.41, 5.74) is 1.02. The van der Waals surface area contributed by atoms with Crippen LogP contribution in [0.2, 0.25) is 5.02 Å². The van der Waals surface area contributed by atoms with Gasteiger partial charge in [-0.15, -0.1) is 0 Å². The zero-order valence-corrected chi connectivity index (χ0v) is 7.71. The molecule has 1 heterocycles. The van der Waals surface area contributed by atoms with Crippen molar-refractivity contribution in [2.24, 2.45) is 0 Å². The number of carbonyl (C=O) groups is 1. The highest BCUT2D eigenvalue weighted by Crippen LogP contribution is 2.18. The summed E-state index contributed by atoms with van der Waals surface area (Å²) >= 11 is 5.75. The van der Waals surface area contributed by atoms with E-state index in [4.69, 9.17) is 11.6 Å². The molecule has 0 bridgehead atoms. The van der Waals surface area contributed by atoms with Gasteiger partial charge in [0.2, 0.25) is 5.91 Å². The van der Waals surface area contributed by atoms with Crippen LogP contribution < -0.4 is 10.2 Å². The number of nitrogens with one attached hydrogen (secondary N) is 1. The van der Waals surface area contributed by atoms with Gasteiger partial charge in [-0.25, -0.2) is 0 Å². The molecule has 0 spiro atoms. The molecule has 1 aromatic carbocycles. The first kappa shape index (κ1) is 8.38. The van der Waals surface area contributed by atoms with Crippen LogP contribution in [0.4, 0.5) is 5.69 Å². The van der Waals surface area contributed by atoms with Crippen molar-refractivity contribution >= 4 is 23.2 Å². The summed E-state index contributed by atoms with van der Waals surface area (Å²) in [7, 11) is 0. The minimum atomic E-state index is 0.0648. The second-order valence-electron chi connectivity index (χ2n) is 2.93. The molecule has 0 radical (unpaired) electrons. The third-order valence-electron chi connectivity index (χ3n) is 1.99. The van der Waals surface area contributed by atoms with Crippen molar-refractivity contribution in [3.05, 3.63) is 29.3 Å². The zero-order chi connectivity index (χ0) is 9.26. The molecule has 1 aromatic rings. The van der Waals surface area contributed by atoms with Crippen molar-refractivity contribution in [2.45, 2.75) is 0 Å². The molecule has 3 nitrogen and oxygen atoms in total. The average Bonchev–Trinajstić information content (AvgIpc) is 2.53. The summed E-state index contributed by atoms with van der Waals surface area (Å²) in [4.78, 5) is 12.9. The fourth-order valence-corrected chi connectivity index (χ4v) is 1.43. The smallest absolute Gasteiger partial charge is 0.240 e. The van der Waals surface area contributed by atoms with Crippen LogP contribution in [-0.2, 0) is 4.79 Å². The van der Waals surface area contributed by atoms with E-state index in [1.807, 2.05) is 29.2 Å². The standard InChI is InChI=1S/C9H9ClN2O/c10-7-1-3-8(4-2-7)12-5-9(13)11-6-12/h1-4H,5-6H2,(H,11,13). The van der Waals surface area contributed by atoms with E-state index in [0.717, 1.165) is 5.69 Å². The second kappa shape index (κ2) is 3.26. The molecule has 2 rings (SSSR count). The lowest BCUT2D eigenvalue weighted by atomic mass is 10.3. The maximum absolute atomic E-state index is 10.9. The molecule has 0 unspecified atom stereocenters. The minimum absolute atomic E-state index is 0.0648. The second-order valence-corrected chi connectivity index (χ2v) is 3.37. The summed E-state index contributed by atoms with van der Waals surface area (Å²) in [6, 6.07) is 7.45. The lowest BCUT2D eigenvalue weighted by Crippen LogP contribution is -2.20. The van der Waals surface area contributed by atoms with Gasteiger partial charge in [0.1, 0.15) is 0 Å². The average molecular weight is 197 g/mol. The first-order valence-corrected chi connectivity index (χ1v) is 4.41. The number of amides is 1. The van der Waals surface area contributed by atoms with Gasteiger partial charge in [-0.3, -0.25) is 4.79 Å². The van der Waals surface area contributed by atoms with Gasteiger partial charge in [-0.05, 0) is 24.3 Å². The van der Waals surface area contributed by atoms with E-state index < -0.39 is 0 Å². The zero-order valence-electron chi connectivity index (χ0n) is 6.96. The van der Waals surface area contributed by atoms with Crippen LogP contribution in [0.15, 0.2) is 24.3 Å². The van der Waals surface area contributed by atoms with Crippen molar-refractivity contribution in [1.82, 2.24) is 5.32 Å². The quantitative estimate of drug-likeness (QED) is 0.733. The fourth-order valence-electron chi connectivity index (χ4n) is 1.30. The molecular formula is C9H9ClN2O. The normalized spacial score (nSPS) is 16.1. The summed E-state index contributed by atoms with van der Waals surface area (Å²) in [5.74, 6) is 0.0648. The molecule has 1 saturated heterocycles. The highest BCUT2D eigenvalue weighted by molar-refractivity contribution is 6.30. The molecule has 0 saturated carbocycles. The van der Waals surface area contributed by atoms with Crippen molar-refractivity contribution in [3.63, 3.8) is 0 Å². The van der Waals surface area contributed by atoms with Gasteiger partial charge in [0.25, 0.3) is 0 Å². The van der Waals surface area contributed by atoms with Gasteiger partial charge < -0.3 is 10.2 Å². The van der Waals surface area contributed by atoms with Gasteiger partial charge in [0.15, 0.2) is 0 Å². The highest BCUT2D eigenvalue weighted by atomic mass is 35.5. The number of carbonyl (C=O) groups excluding carboxylic acids is 1.